The van der Waals surface area contributed by atoms with Crippen LogP contribution in [-0.2, 0) is 16.1 Å². The lowest BCUT2D eigenvalue weighted by Crippen LogP contribution is -2.17. The van der Waals surface area contributed by atoms with E-state index in [2.05, 4.69) is 4.98 Å². The molecule has 0 saturated carbocycles. The number of carbonyl (C=O) groups excluding carboxylic acids is 1. The minimum atomic E-state index is -0.504. The van der Waals surface area contributed by atoms with Crippen LogP contribution in [-0.4, -0.2) is 15.4 Å². The SMILES string of the molecule is O=C(OCc1cc(=O)n2ccsc2n1)[C@@H](Sc1ccccc1)c1ccccc1. The van der Waals surface area contributed by atoms with Crippen molar-refractivity contribution in [3.05, 3.63) is 99.9 Å². The topological polar surface area (TPSA) is 60.7 Å². The van der Waals surface area contributed by atoms with E-state index in [4.69, 9.17) is 4.74 Å². The Morgan fingerprint density at radius 1 is 1.11 bits per heavy atom. The van der Waals surface area contributed by atoms with Crippen molar-refractivity contribution in [2.24, 2.45) is 0 Å². The van der Waals surface area contributed by atoms with E-state index in [0.717, 1.165) is 10.5 Å². The van der Waals surface area contributed by atoms with E-state index in [0.29, 0.717) is 10.7 Å². The highest BCUT2D eigenvalue weighted by molar-refractivity contribution is 8.00. The summed E-state index contributed by atoms with van der Waals surface area (Å²) in [6.45, 7) is -0.0405. The van der Waals surface area contributed by atoms with Crippen molar-refractivity contribution in [1.29, 1.82) is 0 Å². The van der Waals surface area contributed by atoms with Crippen molar-refractivity contribution >= 4 is 34.0 Å². The van der Waals surface area contributed by atoms with E-state index in [9.17, 15) is 9.59 Å². The summed E-state index contributed by atoms with van der Waals surface area (Å²) < 4.78 is 7.00. The third-order valence-corrected chi connectivity index (χ3v) is 6.03. The zero-order chi connectivity index (χ0) is 19.3. The first-order valence-electron chi connectivity index (χ1n) is 8.60. The molecule has 2 aromatic carbocycles. The third-order valence-electron chi connectivity index (χ3n) is 4.03. The lowest BCUT2D eigenvalue weighted by atomic mass is 10.1. The second kappa shape index (κ2) is 8.41. The van der Waals surface area contributed by atoms with Gasteiger partial charge in [0.05, 0.1) is 5.69 Å². The van der Waals surface area contributed by atoms with Gasteiger partial charge >= 0.3 is 5.97 Å². The maximum atomic E-state index is 12.9. The minimum absolute atomic E-state index is 0.0405. The molecule has 0 spiro atoms. The lowest BCUT2D eigenvalue weighted by molar-refractivity contribution is -0.144. The summed E-state index contributed by atoms with van der Waals surface area (Å²) in [5, 5.41) is 1.29. The molecule has 1 atom stereocenters. The van der Waals surface area contributed by atoms with Gasteiger partial charge in [0, 0.05) is 22.5 Å². The van der Waals surface area contributed by atoms with E-state index in [1.165, 1.54) is 33.6 Å². The summed E-state index contributed by atoms with van der Waals surface area (Å²) in [5.41, 5.74) is 1.12. The van der Waals surface area contributed by atoms with Crippen LogP contribution in [0.5, 0.6) is 0 Å². The fourth-order valence-electron chi connectivity index (χ4n) is 2.70. The standard InChI is InChI=1S/C21H16N2O3S2/c24-18-13-16(22-21-23(18)11-12-27-21)14-26-20(25)19(15-7-3-1-4-8-15)28-17-9-5-2-6-10-17/h1-13,19H,14H2/t19-/m0/s1. The van der Waals surface area contributed by atoms with Gasteiger partial charge in [-0.2, -0.15) is 0 Å². The first-order chi connectivity index (χ1) is 13.7. The van der Waals surface area contributed by atoms with Gasteiger partial charge in [-0.05, 0) is 17.7 Å². The van der Waals surface area contributed by atoms with Crippen LogP contribution in [0.15, 0.2) is 88.0 Å². The monoisotopic (exact) mass is 408 g/mol. The first-order valence-corrected chi connectivity index (χ1v) is 10.4. The molecule has 4 rings (SSSR count). The normalized spacial score (nSPS) is 12.0. The molecule has 2 aromatic heterocycles. The smallest absolute Gasteiger partial charge is 0.324 e. The molecule has 0 unspecified atom stereocenters. The number of hydrogen-bond donors (Lipinski definition) is 0. The largest absolute Gasteiger partial charge is 0.458 e. The van der Waals surface area contributed by atoms with E-state index in [1.807, 2.05) is 60.7 Å². The number of hydrogen-bond acceptors (Lipinski definition) is 6. The van der Waals surface area contributed by atoms with Crippen LogP contribution in [0.25, 0.3) is 4.96 Å². The fourth-order valence-corrected chi connectivity index (χ4v) is 4.48. The number of esters is 1. The van der Waals surface area contributed by atoms with E-state index in [1.54, 1.807) is 11.6 Å². The van der Waals surface area contributed by atoms with Gasteiger partial charge in [0.25, 0.3) is 5.56 Å². The molecule has 5 nitrogen and oxygen atoms in total. The van der Waals surface area contributed by atoms with Crippen LogP contribution in [0, 0.1) is 0 Å². The average molecular weight is 409 g/mol. The number of aromatic nitrogens is 2. The molecule has 0 aliphatic heterocycles. The quantitative estimate of drug-likeness (QED) is 0.351. The second-order valence-corrected chi connectivity index (χ2v) is 8.02. The molecule has 0 aliphatic rings. The van der Waals surface area contributed by atoms with Gasteiger partial charge in [0.15, 0.2) is 4.96 Å². The van der Waals surface area contributed by atoms with Gasteiger partial charge in [0.2, 0.25) is 0 Å². The van der Waals surface area contributed by atoms with Crippen LogP contribution < -0.4 is 5.56 Å². The predicted octanol–water partition coefficient (Wildman–Crippen LogP) is 4.33. The van der Waals surface area contributed by atoms with E-state index >= 15 is 0 Å². The highest BCUT2D eigenvalue weighted by Crippen LogP contribution is 2.36. The van der Waals surface area contributed by atoms with Crippen molar-refractivity contribution in [2.45, 2.75) is 16.8 Å². The Bertz CT molecular complexity index is 1140. The van der Waals surface area contributed by atoms with Gasteiger partial charge in [-0.1, -0.05) is 48.5 Å². The van der Waals surface area contributed by atoms with Gasteiger partial charge in [-0.15, -0.1) is 23.1 Å². The Morgan fingerprint density at radius 2 is 1.82 bits per heavy atom. The molecule has 4 aromatic rings. The molecule has 0 bridgehead atoms. The van der Waals surface area contributed by atoms with Gasteiger partial charge in [-0.25, -0.2) is 4.98 Å². The molecule has 0 saturated heterocycles. The summed E-state index contributed by atoms with van der Waals surface area (Å²) in [6.07, 6.45) is 1.67. The number of thioether (sulfide) groups is 1. The number of benzene rings is 2. The molecule has 140 valence electrons. The Labute approximate surface area is 169 Å². The molecular formula is C21H16N2O3S2. The summed E-state index contributed by atoms with van der Waals surface area (Å²) in [7, 11) is 0. The zero-order valence-corrected chi connectivity index (χ0v) is 16.4. The summed E-state index contributed by atoms with van der Waals surface area (Å²) in [6, 6.07) is 20.6. The zero-order valence-electron chi connectivity index (χ0n) is 14.7. The number of ether oxygens (including phenoxy) is 1. The predicted molar refractivity (Wildman–Crippen MR) is 111 cm³/mol. The maximum absolute atomic E-state index is 12.9. The molecule has 0 amide bonds. The highest BCUT2D eigenvalue weighted by atomic mass is 32.2. The molecule has 7 heteroatoms. The average Bonchev–Trinajstić information content (AvgIpc) is 3.21. The Morgan fingerprint density at radius 3 is 2.57 bits per heavy atom. The number of rotatable bonds is 6. The molecule has 0 aliphatic carbocycles. The summed E-state index contributed by atoms with van der Waals surface area (Å²) in [5.74, 6) is -0.367. The van der Waals surface area contributed by atoms with Crippen LogP contribution in [0.1, 0.15) is 16.5 Å². The molecular weight excluding hydrogens is 392 g/mol. The van der Waals surface area contributed by atoms with Gasteiger partial charge < -0.3 is 4.74 Å². The summed E-state index contributed by atoms with van der Waals surface area (Å²) >= 11 is 2.80. The maximum Gasteiger partial charge on any atom is 0.324 e. The number of fused-ring (bicyclic) bond motifs is 1. The molecule has 28 heavy (non-hydrogen) atoms. The molecule has 0 N–H and O–H groups in total. The highest BCUT2D eigenvalue weighted by Gasteiger charge is 2.24. The number of nitrogens with zero attached hydrogens (tertiary/aromatic N) is 2. The van der Waals surface area contributed by atoms with E-state index in [-0.39, 0.29) is 18.1 Å². The van der Waals surface area contributed by atoms with Crippen molar-refractivity contribution < 1.29 is 9.53 Å². The first kappa shape index (κ1) is 18.5. The number of carbonyl (C=O) groups is 1. The van der Waals surface area contributed by atoms with Crippen LogP contribution >= 0.6 is 23.1 Å². The third kappa shape index (κ3) is 4.16. The van der Waals surface area contributed by atoms with Crippen molar-refractivity contribution in [3.8, 4) is 0 Å². The van der Waals surface area contributed by atoms with Gasteiger partial charge in [0.1, 0.15) is 11.9 Å². The molecule has 2 heterocycles. The van der Waals surface area contributed by atoms with Crippen LogP contribution in [0.2, 0.25) is 0 Å². The van der Waals surface area contributed by atoms with Crippen molar-refractivity contribution in [3.63, 3.8) is 0 Å². The Balaban J connectivity index is 1.54. The van der Waals surface area contributed by atoms with Crippen LogP contribution in [0.3, 0.4) is 0 Å². The Hall–Kier alpha value is -2.90. The van der Waals surface area contributed by atoms with Crippen LogP contribution in [0.4, 0.5) is 0 Å². The fraction of sp³-hybridized carbons (Fsp3) is 0.0952. The summed E-state index contributed by atoms with van der Waals surface area (Å²) in [4.78, 5) is 30.9. The van der Waals surface area contributed by atoms with Crippen molar-refractivity contribution in [2.75, 3.05) is 0 Å². The molecule has 0 fully saturated rings. The minimum Gasteiger partial charge on any atom is -0.458 e. The molecule has 0 radical (unpaired) electrons. The lowest BCUT2D eigenvalue weighted by Gasteiger charge is -2.16. The Kier molecular flexibility index (Phi) is 5.55. The van der Waals surface area contributed by atoms with Gasteiger partial charge in [-0.3, -0.25) is 14.0 Å². The second-order valence-electron chi connectivity index (χ2n) is 5.97. The van der Waals surface area contributed by atoms with E-state index < -0.39 is 5.25 Å². The number of thiazole rings is 1. The van der Waals surface area contributed by atoms with Crippen molar-refractivity contribution in [1.82, 2.24) is 9.38 Å².